The van der Waals surface area contributed by atoms with Crippen molar-refractivity contribution in [2.24, 2.45) is 0 Å². The maximum Gasteiger partial charge on any atom is 0.272 e. The van der Waals surface area contributed by atoms with E-state index in [2.05, 4.69) is 15.3 Å². The molecule has 2 aromatic rings. The highest BCUT2D eigenvalue weighted by Crippen LogP contribution is 2.29. The van der Waals surface area contributed by atoms with Gasteiger partial charge in [0, 0.05) is 31.4 Å². The lowest BCUT2D eigenvalue weighted by molar-refractivity contribution is 0.0932. The Hall–Kier alpha value is -2.14. The highest BCUT2D eigenvalue weighted by atomic mass is 16.2. The van der Waals surface area contributed by atoms with Crippen LogP contribution >= 0.6 is 0 Å². The Balaban J connectivity index is 1.40. The Morgan fingerprint density at radius 3 is 2.73 bits per heavy atom. The molecule has 0 spiro atoms. The van der Waals surface area contributed by atoms with Crippen molar-refractivity contribution in [1.82, 2.24) is 20.0 Å². The molecule has 0 unspecified atom stereocenters. The number of hydrogen-bond donors (Lipinski definition) is 1. The second kappa shape index (κ2) is 5.57. The minimum atomic E-state index is -0.0719. The highest BCUT2D eigenvalue weighted by molar-refractivity contribution is 5.92. The first kappa shape index (κ1) is 13.5. The van der Waals surface area contributed by atoms with E-state index in [1.165, 1.54) is 12.8 Å². The van der Waals surface area contributed by atoms with Crippen molar-refractivity contribution in [3.8, 4) is 5.69 Å². The Labute approximate surface area is 129 Å². The van der Waals surface area contributed by atoms with E-state index in [-0.39, 0.29) is 11.9 Å². The second-order valence-electron chi connectivity index (χ2n) is 6.17. The van der Waals surface area contributed by atoms with E-state index in [1.54, 1.807) is 10.7 Å². The van der Waals surface area contributed by atoms with Gasteiger partial charge >= 0.3 is 0 Å². The normalized spacial score (nSPS) is 21.9. The van der Waals surface area contributed by atoms with Crippen LogP contribution in [0.4, 0.5) is 0 Å². The number of carbonyl (C=O) groups is 1. The predicted octanol–water partition coefficient (Wildman–Crippen LogP) is 1.84. The lowest BCUT2D eigenvalue weighted by Gasteiger charge is -2.15. The number of benzene rings is 1. The van der Waals surface area contributed by atoms with Gasteiger partial charge in [-0.05, 0) is 37.5 Å². The molecule has 1 saturated carbocycles. The summed E-state index contributed by atoms with van der Waals surface area (Å²) in [5.41, 5.74) is 1.44. The molecule has 1 N–H and O–H groups in total. The Morgan fingerprint density at radius 1 is 1.14 bits per heavy atom. The molecule has 2 fully saturated rings. The molecule has 2 heterocycles. The van der Waals surface area contributed by atoms with Crippen molar-refractivity contribution in [2.75, 3.05) is 13.1 Å². The molecule has 1 saturated heterocycles. The predicted molar refractivity (Wildman–Crippen MR) is 84.0 cm³/mol. The molecule has 4 rings (SSSR count). The van der Waals surface area contributed by atoms with Crippen LogP contribution in [0.1, 0.15) is 29.8 Å². The smallest absolute Gasteiger partial charge is 0.272 e. The van der Waals surface area contributed by atoms with Gasteiger partial charge in [-0.3, -0.25) is 9.69 Å². The van der Waals surface area contributed by atoms with Gasteiger partial charge in [0.05, 0.1) is 5.69 Å². The lowest BCUT2D eigenvalue weighted by atomic mass is 10.2. The minimum Gasteiger partial charge on any atom is -0.347 e. The van der Waals surface area contributed by atoms with E-state index in [0.29, 0.717) is 5.69 Å². The number of nitrogens with zero attached hydrogens (tertiary/aromatic N) is 3. The zero-order valence-corrected chi connectivity index (χ0v) is 12.5. The highest BCUT2D eigenvalue weighted by Gasteiger charge is 2.34. The molecule has 1 aromatic heterocycles. The molecule has 0 radical (unpaired) electrons. The van der Waals surface area contributed by atoms with Crippen LogP contribution in [0.2, 0.25) is 0 Å². The van der Waals surface area contributed by atoms with E-state index < -0.39 is 0 Å². The summed E-state index contributed by atoms with van der Waals surface area (Å²) in [6, 6.07) is 12.6. The van der Waals surface area contributed by atoms with Crippen LogP contribution in [0.5, 0.6) is 0 Å². The van der Waals surface area contributed by atoms with Crippen molar-refractivity contribution >= 4 is 5.91 Å². The molecular weight excluding hydrogens is 276 g/mol. The Morgan fingerprint density at radius 2 is 1.95 bits per heavy atom. The summed E-state index contributed by atoms with van der Waals surface area (Å²) in [5.74, 6) is -0.0719. The first-order chi connectivity index (χ1) is 10.8. The SMILES string of the molecule is O=C(N[C@@H]1CCN(C2CC2)C1)c1ccn(-c2ccccc2)n1. The number of para-hydroxylation sites is 1. The van der Waals surface area contributed by atoms with E-state index in [1.807, 2.05) is 36.5 Å². The molecule has 1 amide bonds. The number of aromatic nitrogens is 2. The maximum atomic E-state index is 12.3. The first-order valence-electron chi connectivity index (χ1n) is 7.95. The maximum absolute atomic E-state index is 12.3. The van der Waals surface area contributed by atoms with Crippen molar-refractivity contribution in [2.45, 2.75) is 31.3 Å². The monoisotopic (exact) mass is 296 g/mol. The third-order valence-electron chi connectivity index (χ3n) is 4.46. The summed E-state index contributed by atoms with van der Waals surface area (Å²) < 4.78 is 1.74. The van der Waals surface area contributed by atoms with Crippen molar-refractivity contribution in [3.05, 3.63) is 48.3 Å². The van der Waals surface area contributed by atoms with Gasteiger partial charge in [-0.1, -0.05) is 18.2 Å². The average molecular weight is 296 g/mol. The van der Waals surface area contributed by atoms with Gasteiger partial charge in [0.15, 0.2) is 5.69 Å². The molecule has 2 aliphatic rings. The van der Waals surface area contributed by atoms with Gasteiger partial charge in [0.25, 0.3) is 5.91 Å². The van der Waals surface area contributed by atoms with E-state index in [4.69, 9.17) is 0 Å². The molecule has 114 valence electrons. The number of nitrogens with one attached hydrogen (secondary N) is 1. The number of carbonyl (C=O) groups excluding carboxylic acids is 1. The molecule has 1 aromatic carbocycles. The fraction of sp³-hybridized carbons (Fsp3) is 0.412. The average Bonchev–Trinajstić information content (AvgIpc) is 3.10. The largest absolute Gasteiger partial charge is 0.347 e. The van der Waals surface area contributed by atoms with Crippen LogP contribution in [0.3, 0.4) is 0 Å². The molecule has 5 nitrogen and oxygen atoms in total. The summed E-state index contributed by atoms with van der Waals surface area (Å²) in [4.78, 5) is 14.8. The molecule has 1 aliphatic carbocycles. The molecule has 22 heavy (non-hydrogen) atoms. The van der Waals surface area contributed by atoms with E-state index >= 15 is 0 Å². The second-order valence-corrected chi connectivity index (χ2v) is 6.17. The molecule has 5 heteroatoms. The van der Waals surface area contributed by atoms with Crippen molar-refractivity contribution in [3.63, 3.8) is 0 Å². The first-order valence-corrected chi connectivity index (χ1v) is 7.95. The summed E-state index contributed by atoms with van der Waals surface area (Å²) in [7, 11) is 0. The topological polar surface area (TPSA) is 50.2 Å². The summed E-state index contributed by atoms with van der Waals surface area (Å²) in [6.07, 6.45) is 5.52. The molecule has 1 atom stereocenters. The summed E-state index contributed by atoms with van der Waals surface area (Å²) in [5, 5.41) is 7.50. The van der Waals surface area contributed by atoms with Gasteiger partial charge in [-0.25, -0.2) is 4.68 Å². The zero-order valence-electron chi connectivity index (χ0n) is 12.5. The molecule has 0 bridgehead atoms. The number of amides is 1. The van der Waals surface area contributed by atoms with Gasteiger partial charge in [-0.15, -0.1) is 0 Å². The standard InChI is InChI=1S/C17H20N4O/c22-17(18-13-8-10-20(12-13)14-6-7-14)16-9-11-21(19-16)15-4-2-1-3-5-15/h1-5,9,11,13-14H,6-8,10,12H2,(H,18,22)/t13-/m1/s1. The van der Waals surface area contributed by atoms with E-state index in [0.717, 1.165) is 31.2 Å². The quantitative estimate of drug-likeness (QED) is 0.936. The van der Waals surface area contributed by atoms with Gasteiger partial charge in [0.2, 0.25) is 0 Å². The molecular formula is C17H20N4O. The fourth-order valence-electron chi connectivity index (χ4n) is 3.11. The summed E-state index contributed by atoms with van der Waals surface area (Å²) >= 11 is 0. The Kier molecular flexibility index (Phi) is 3.42. The van der Waals surface area contributed by atoms with Gasteiger partial charge in [0.1, 0.15) is 0 Å². The number of hydrogen-bond acceptors (Lipinski definition) is 3. The van der Waals surface area contributed by atoms with Gasteiger partial charge < -0.3 is 5.32 Å². The van der Waals surface area contributed by atoms with Crippen LogP contribution in [0.25, 0.3) is 5.69 Å². The third-order valence-corrected chi connectivity index (χ3v) is 4.46. The van der Waals surface area contributed by atoms with Crippen LogP contribution in [-0.2, 0) is 0 Å². The fourth-order valence-corrected chi connectivity index (χ4v) is 3.11. The van der Waals surface area contributed by atoms with Crippen LogP contribution in [0.15, 0.2) is 42.6 Å². The van der Waals surface area contributed by atoms with Gasteiger partial charge in [-0.2, -0.15) is 5.10 Å². The number of rotatable bonds is 4. The van der Waals surface area contributed by atoms with Crippen LogP contribution in [-0.4, -0.2) is 45.8 Å². The van der Waals surface area contributed by atoms with Crippen LogP contribution < -0.4 is 5.32 Å². The van der Waals surface area contributed by atoms with Crippen molar-refractivity contribution in [1.29, 1.82) is 0 Å². The number of likely N-dealkylation sites (tertiary alicyclic amines) is 1. The minimum absolute atomic E-state index is 0.0719. The van der Waals surface area contributed by atoms with Crippen LogP contribution in [0, 0.1) is 0 Å². The van der Waals surface area contributed by atoms with Crippen molar-refractivity contribution < 1.29 is 4.79 Å². The lowest BCUT2D eigenvalue weighted by Crippen LogP contribution is -2.37. The third kappa shape index (κ3) is 2.76. The molecule has 1 aliphatic heterocycles. The summed E-state index contributed by atoms with van der Waals surface area (Å²) in [6.45, 7) is 2.09. The Bertz CT molecular complexity index is 662. The van der Waals surface area contributed by atoms with E-state index in [9.17, 15) is 4.79 Å². The zero-order chi connectivity index (χ0) is 14.9.